The van der Waals surface area contributed by atoms with Crippen molar-refractivity contribution in [3.63, 3.8) is 0 Å². The molecule has 0 saturated carbocycles. The van der Waals surface area contributed by atoms with Gasteiger partial charge < -0.3 is 5.32 Å². The van der Waals surface area contributed by atoms with Gasteiger partial charge in [0.15, 0.2) is 0 Å². The van der Waals surface area contributed by atoms with Crippen LogP contribution in [0.15, 0.2) is 42.6 Å². The van der Waals surface area contributed by atoms with Gasteiger partial charge in [-0.05, 0) is 25.5 Å². The van der Waals surface area contributed by atoms with Crippen LogP contribution in [-0.4, -0.2) is 30.6 Å². The molecule has 0 aliphatic heterocycles. The van der Waals surface area contributed by atoms with Crippen LogP contribution in [0.2, 0.25) is 0 Å². The second kappa shape index (κ2) is 7.23. The quantitative estimate of drug-likeness (QED) is 0.748. The van der Waals surface area contributed by atoms with E-state index in [4.69, 9.17) is 0 Å². The molecule has 0 radical (unpaired) electrons. The largest absolute Gasteiger partial charge is 0.303 e. The van der Waals surface area contributed by atoms with E-state index in [0.717, 1.165) is 28.4 Å². The van der Waals surface area contributed by atoms with Gasteiger partial charge >= 0.3 is 0 Å². The van der Waals surface area contributed by atoms with E-state index in [1.165, 1.54) is 0 Å². The van der Waals surface area contributed by atoms with Gasteiger partial charge in [-0.2, -0.15) is 0 Å². The Labute approximate surface area is 144 Å². The van der Waals surface area contributed by atoms with Crippen molar-refractivity contribution < 1.29 is 4.21 Å². The summed E-state index contributed by atoms with van der Waals surface area (Å²) in [6, 6.07) is 12.2. The molecule has 2 atom stereocenters. The molecule has 0 bridgehead atoms. The molecule has 2 heterocycles. The Morgan fingerprint density at radius 2 is 2.00 bits per heavy atom. The maximum Gasteiger partial charge on any atom is 0.234 e. The highest BCUT2D eigenvalue weighted by Crippen LogP contribution is 2.16. The third-order valence-corrected chi connectivity index (χ3v) is 4.80. The summed E-state index contributed by atoms with van der Waals surface area (Å²) >= 11 is 0. The zero-order chi connectivity index (χ0) is 17.1. The number of aryl methyl sites for hydroxylation is 2. The third-order valence-electron chi connectivity index (χ3n) is 4.00. The number of imidazole rings is 1. The minimum absolute atomic E-state index is 0.0429. The van der Waals surface area contributed by atoms with Gasteiger partial charge in [-0.1, -0.05) is 30.3 Å². The molecular formula is C18H22N4OS. The first-order valence-electron chi connectivity index (χ1n) is 7.93. The first kappa shape index (κ1) is 16.8. The van der Waals surface area contributed by atoms with Crippen LogP contribution in [-0.2, 0) is 17.3 Å². The molecule has 126 valence electrons. The monoisotopic (exact) mass is 342 g/mol. The van der Waals surface area contributed by atoms with E-state index >= 15 is 0 Å². The number of rotatable bonds is 6. The molecule has 1 N–H and O–H groups in total. The molecule has 0 unspecified atom stereocenters. The van der Waals surface area contributed by atoms with Crippen molar-refractivity contribution >= 4 is 16.6 Å². The average Bonchev–Trinajstić information content (AvgIpc) is 2.95. The predicted molar refractivity (Wildman–Crippen MR) is 97.4 cm³/mol. The molecule has 2 aromatic heterocycles. The molecule has 0 amide bonds. The smallest absolute Gasteiger partial charge is 0.234 e. The second-order valence-electron chi connectivity index (χ2n) is 6.01. The highest BCUT2D eigenvalue weighted by Gasteiger charge is 2.14. The summed E-state index contributed by atoms with van der Waals surface area (Å²) in [4.78, 5) is 8.87. The number of nitrogens with one attached hydrogen (secondary N) is 1. The van der Waals surface area contributed by atoms with E-state index in [1.807, 2.05) is 37.4 Å². The minimum atomic E-state index is -0.876. The molecule has 0 spiro atoms. The molecule has 3 rings (SSSR count). The van der Waals surface area contributed by atoms with Gasteiger partial charge in [-0.25, -0.2) is 9.97 Å². The van der Waals surface area contributed by atoms with E-state index in [2.05, 4.69) is 38.7 Å². The third kappa shape index (κ3) is 3.71. The van der Waals surface area contributed by atoms with Crippen molar-refractivity contribution in [2.45, 2.75) is 26.4 Å². The zero-order valence-electron chi connectivity index (χ0n) is 14.2. The van der Waals surface area contributed by atoms with Crippen molar-refractivity contribution in [2.75, 3.05) is 12.0 Å². The van der Waals surface area contributed by atoms with E-state index in [-0.39, 0.29) is 6.04 Å². The summed E-state index contributed by atoms with van der Waals surface area (Å²) in [5.41, 5.74) is 4.28. The highest BCUT2D eigenvalue weighted by molar-refractivity contribution is 7.84. The number of aromatic nitrogens is 3. The van der Waals surface area contributed by atoms with Crippen LogP contribution in [0.4, 0.5) is 0 Å². The lowest BCUT2D eigenvalue weighted by Crippen LogP contribution is -2.26. The number of hydrogen-bond acceptors (Lipinski definition) is 4. The van der Waals surface area contributed by atoms with Crippen molar-refractivity contribution in [1.29, 1.82) is 0 Å². The van der Waals surface area contributed by atoms with Crippen molar-refractivity contribution in [2.24, 2.45) is 0 Å². The molecule has 0 fully saturated rings. The minimum Gasteiger partial charge on any atom is -0.303 e. The number of hydrogen-bond donors (Lipinski definition) is 1. The van der Waals surface area contributed by atoms with Gasteiger partial charge in [-0.3, -0.25) is 8.61 Å². The lowest BCUT2D eigenvalue weighted by atomic mass is 10.1. The molecule has 0 aliphatic carbocycles. The van der Waals surface area contributed by atoms with Gasteiger partial charge in [0, 0.05) is 46.8 Å². The summed E-state index contributed by atoms with van der Waals surface area (Å²) in [5, 5.41) is 3.52. The summed E-state index contributed by atoms with van der Waals surface area (Å²) in [5.74, 6) is 1.30. The van der Waals surface area contributed by atoms with Crippen LogP contribution in [0.1, 0.15) is 28.7 Å². The van der Waals surface area contributed by atoms with Crippen LogP contribution in [0, 0.1) is 13.8 Å². The standard InChI is InChI=1S/C18H22N4OS/c1-13-9-14(2)22-16(11-20-18(22)21-13)10-19-17(12-24(3)23)15-7-5-4-6-8-15/h4-9,11,17,19H,10,12H2,1-3H3/t17-,24-/m0/s1. The fraction of sp³-hybridized carbons (Fsp3) is 0.333. The van der Waals surface area contributed by atoms with Crippen LogP contribution >= 0.6 is 0 Å². The maximum absolute atomic E-state index is 11.7. The maximum atomic E-state index is 11.7. The first-order valence-corrected chi connectivity index (χ1v) is 9.66. The summed E-state index contributed by atoms with van der Waals surface area (Å²) < 4.78 is 13.8. The van der Waals surface area contributed by atoms with E-state index < -0.39 is 10.8 Å². The fourth-order valence-electron chi connectivity index (χ4n) is 2.94. The van der Waals surface area contributed by atoms with Crippen LogP contribution in [0.5, 0.6) is 0 Å². The predicted octanol–water partition coefficient (Wildman–Crippen LogP) is 2.56. The fourth-order valence-corrected chi connectivity index (χ4v) is 3.72. The first-order chi connectivity index (χ1) is 11.5. The van der Waals surface area contributed by atoms with Gasteiger partial charge in [0.25, 0.3) is 0 Å². The topological polar surface area (TPSA) is 59.3 Å². The summed E-state index contributed by atoms with van der Waals surface area (Å²) in [6.45, 7) is 4.67. The van der Waals surface area contributed by atoms with Crippen LogP contribution in [0.3, 0.4) is 0 Å². The Morgan fingerprint density at radius 3 is 2.71 bits per heavy atom. The molecule has 24 heavy (non-hydrogen) atoms. The molecule has 1 aromatic carbocycles. The summed E-state index contributed by atoms with van der Waals surface area (Å²) in [7, 11) is -0.876. The van der Waals surface area contributed by atoms with Crippen molar-refractivity contribution in [3.05, 3.63) is 65.2 Å². The van der Waals surface area contributed by atoms with Gasteiger partial charge in [-0.15, -0.1) is 0 Å². The molecule has 6 heteroatoms. The number of nitrogens with zero attached hydrogens (tertiary/aromatic N) is 3. The molecule has 3 aromatic rings. The van der Waals surface area contributed by atoms with E-state index in [1.54, 1.807) is 6.26 Å². The highest BCUT2D eigenvalue weighted by atomic mass is 32.2. The molecule has 0 saturated heterocycles. The van der Waals surface area contributed by atoms with Crippen molar-refractivity contribution in [1.82, 2.24) is 19.7 Å². The Hall–Kier alpha value is -2.05. The normalized spacial score (nSPS) is 14.0. The second-order valence-corrected chi connectivity index (χ2v) is 7.49. The summed E-state index contributed by atoms with van der Waals surface area (Å²) in [6.07, 6.45) is 3.59. The van der Waals surface area contributed by atoms with E-state index in [0.29, 0.717) is 12.3 Å². The average molecular weight is 342 g/mol. The van der Waals surface area contributed by atoms with Crippen LogP contribution < -0.4 is 5.32 Å². The number of benzene rings is 1. The van der Waals surface area contributed by atoms with Gasteiger partial charge in [0.1, 0.15) is 0 Å². The van der Waals surface area contributed by atoms with Gasteiger partial charge in [0.05, 0.1) is 11.9 Å². The van der Waals surface area contributed by atoms with E-state index in [9.17, 15) is 4.21 Å². The Kier molecular flexibility index (Phi) is 5.06. The number of fused-ring (bicyclic) bond motifs is 1. The molecule has 5 nitrogen and oxygen atoms in total. The SMILES string of the molecule is Cc1cc(C)n2c(CN[C@@H](C[S@](C)=O)c3ccccc3)cnc2n1. The Balaban J connectivity index is 1.83. The molecule has 0 aliphatic rings. The molecular weight excluding hydrogens is 320 g/mol. The lowest BCUT2D eigenvalue weighted by molar-refractivity contribution is 0.565. The zero-order valence-corrected chi connectivity index (χ0v) is 15.0. The Bertz CT molecular complexity index is 860. The lowest BCUT2D eigenvalue weighted by Gasteiger charge is -2.18. The van der Waals surface area contributed by atoms with Crippen LogP contribution in [0.25, 0.3) is 5.78 Å². The van der Waals surface area contributed by atoms with Gasteiger partial charge in [0.2, 0.25) is 5.78 Å². The van der Waals surface area contributed by atoms with Crippen molar-refractivity contribution in [3.8, 4) is 0 Å². The Morgan fingerprint density at radius 1 is 1.25 bits per heavy atom.